The van der Waals surface area contributed by atoms with Crippen LogP contribution in [0.4, 0.5) is 5.69 Å². The fraction of sp³-hybridized carbons (Fsp3) is 0.635. The van der Waals surface area contributed by atoms with E-state index in [0.29, 0.717) is 164 Å². The number of hydroxylamine groups is 2. The summed E-state index contributed by atoms with van der Waals surface area (Å²) in [5.74, 6) is 4.40. The number of ether oxygens (including phenoxy) is 13. The SMILES string of the molecule is O=C(CCOCCOCCOCCOCCOCCOCCOCCOCCOCCOCCOCCOCCOCCC(=O)ON1C(=O)CCC1=O)NCCC(=O)N1Cc2ccccc2C#Cc2ccccc21. The number of nitrogens with one attached hydrogen (secondary N) is 1. The highest BCUT2D eigenvalue weighted by Crippen LogP contribution is 2.26. The van der Waals surface area contributed by atoms with Crippen molar-refractivity contribution in [2.45, 2.75) is 38.6 Å². The molecule has 1 fully saturated rings. The van der Waals surface area contributed by atoms with Crippen LogP contribution < -0.4 is 10.2 Å². The Bertz CT molecular complexity index is 1930. The Hall–Kier alpha value is -4.97. The molecule has 0 aromatic heterocycles. The molecule has 2 aromatic carbocycles. The van der Waals surface area contributed by atoms with Crippen molar-refractivity contribution in [1.29, 1.82) is 0 Å². The highest BCUT2D eigenvalue weighted by atomic mass is 16.7. The van der Waals surface area contributed by atoms with Crippen molar-refractivity contribution >= 4 is 35.3 Å². The third-order valence-corrected chi connectivity index (χ3v) is 10.4. The molecule has 74 heavy (non-hydrogen) atoms. The molecule has 1 N–H and O–H groups in total. The third kappa shape index (κ3) is 28.6. The van der Waals surface area contributed by atoms with E-state index in [2.05, 4.69) is 17.2 Å². The molecule has 0 atom stereocenters. The van der Waals surface area contributed by atoms with Crippen molar-refractivity contribution in [3.05, 3.63) is 65.2 Å². The second-order valence-corrected chi connectivity index (χ2v) is 16.0. The quantitative estimate of drug-likeness (QED) is 0.0568. The van der Waals surface area contributed by atoms with Gasteiger partial charge in [0.2, 0.25) is 11.8 Å². The number of hydrogen-bond acceptors (Lipinski definition) is 19. The number of hydrogen-bond donors (Lipinski definition) is 1. The first-order valence-corrected chi connectivity index (χ1v) is 25.3. The van der Waals surface area contributed by atoms with E-state index in [9.17, 15) is 24.0 Å². The summed E-state index contributed by atoms with van der Waals surface area (Å²) < 4.78 is 71.2. The first kappa shape index (κ1) is 61.6. The lowest BCUT2D eigenvalue weighted by Crippen LogP contribution is -2.35. The summed E-state index contributed by atoms with van der Waals surface area (Å²) in [5.41, 5.74) is 3.43. The average molecular weight is 1050 g/mol. The van der Waals surface area contributed by atoms with Crippen LogP contribution in [0.3, 0.4) is 0 Å². The van der Waals surface area contributed by atoms with Crippen LogP contribution in [0.25, 0.3) is 0 Å². The Kier molecular flexibility index (Phi) is 34.4. The molecule has 0 bridgehead atoms. The van der Waals surface area contributed by atoms with E-state index in [1.165, 1.54) is 0 Å². The van der Waals surface area contributed by atoms with E-state index in [1.54, 1.807) is 4.90 Å². The molecule has 2 aliphatic heterocycles. The van der Waals surface area contributed by atoms with Gasteiger partial charge in [-0.3, -0.25) is 19.2 Å². The van der Waals surface area contributed by atoms with Gasteiger partial charge in [0.05, 0.1) is 190 Å². The van der Waals surface area contributed by atoms with Crippen LogP contribution in [0.15, 0.2) is 48.5 Å². The molecular formula is C52H75N3O19. The van der Waals surface area contributed by atoms with Crippen LogP contribution in [0.5, 0.6) is 0 Å². The van der Waals surface area contributed by atoms with Gasteiger partial charge in [0.1, 0.15) is 0 Å². The molecule has 0 spiro atoms. The zero-order valence-corrected chi connectivity index (χ0v) is 42.6. The number of carbonyl (C=O) groups is 5. The summed E-state index contributed by atoms with van der Waals surface area (Å²) in [5, 5.41) is 3.33. The van der Waals surface area contributed by atoms with Crippen molar-refractivity contribution in [3.8, 4) is 11.8 Å². The Labute approximate surface area is 433 Å². The normalized spacial score (nSPS) is 13.0. The number of anilines is 1. The van der Waals surface area contributed by atoms with E-state index < -0.39 is 17.8 Å². The van der Waals surface area contributed by atoms with Crippen LogP contribution in [0.1, 0.15) is 48.8 Å². The van der Waals surface area contributed by atoms with Crippen LogP contribution in [-0.4, -0.2) is 213 Å². The van der Waals surface area contributed by atoms with E-state index in [0.717, 1.165) is 22.4 Å². The summed E-state index contributed by atoms with van der Waals surface area (Å²) in [6, 6.07) is 15.4. The number of amides is 4. The van der Waals surface area contributed by atoms with Crippen LogP contribution in [0.2, 0.25) is 0 Å². The van der Waals surface area contributed by atoms with Crippen LogP contribution in [0, 0.1) is 11.8 Å². The van der Waals surface area contributed by atoms with Crippen molar-refractivity contribution < 1.29 is 90.4 Å². The van der Waals surface area contributed by atoms with Crippen molar-refractivity contribution in [2.75, 3.05) is 183 Å². The van der Waals surface area contributed by atoms with Gasteiger partial charge in [0.15, 0.2) is 0 Å². The molecule has 2 aromatic rings. The number of rotatable bonds is 46. The summed E-state index contributed by atoms with van der Waals surface area (Å²) in [6.07, 6.45) is 0.368. The molecule has 4 amide bonds. The lowest BCUT2D eigenvalue weighted by molar-refractivity contribution is -0.198. The molecule has 0 unspecified atom stereocenters. The molecular weight excluding hydrogens is 971 g/mol. The fourth-order valence-corrected chi connectivity index (χ4v) is 6.61. The van der Waals surface area contributed by atoms with Gasteiger partial charge in [0.25, 0.3) is 11.8 Å². The van der Waals surface area contributed by atoms with Gasteiger partial charge in [-0.1, -0.05) is 42.2 Å². The highest BCUT2D eigenvalue weighted by Gasteiger charge is 2.32. The third-order valence-electron chi connectivity index (χ3n) is 10.4. The number of carbonyl (C=O) groups excluding carboxylic acids is 5. The van der Waals surface area contributed by atoms with Gasteiger partial charge in [-0.15, -0.1) is 5.06 Å². The van der Waals surface area contributed by atoms with Gasteiger partial charge in [-0.2, -0.15) is 0 Å². The Morgan fingerprint density at radius 1 is 0.432 bits per heavy atom. The minimum Gasteiger partial charge on any atom is -0.379 e. The van der Waals surface area contributed by atoms with E-state index >= 15 is 0 Å². The fourth-order valence-electron chi connectivity index (χ4n) is 6.61. The Morgan fingerprint density at radius 2 is 0.784 bits per heavy atom. The van der Waals surface area contributed by atoms with Gasteiger partial charge in [-0.25, -0.2) is 4.79 Å². The predicted molar refractivity (Wildman–Crippen MR) is 265 cm³/mol. The molecule has 2 aliphatic rings. The van der Waals surface area contributed by atoms with Crippen molar-refractivity contribution in [2.24, 2.45) is 0 Å². The number of imide groups is 1. The average Bonchev–Trinajstić information content (AvgIpc) is 3.71. The minimum absolute atomic E-state index is 0.0514. The Morgan fingerprint density at radius 3 is 1.22 bits per heavy atom. The molecule has 1 saturated heterocycles. The lowest BCUT2D eigenvalue weighted by atomic mass is 10.0. The summed E-state index contributed by atoms with van der Waals surface area (Å²) >= 11 is 0. The standard InChI is InChI=1S/C52H75N3O19/c56-48(53-16-13-49(57)54-43-46-7-2-1-5-44(46)9-10-45-6-3-4-8-47(45)54)14-17-61-19-21-63-23-25-65-27-29-67-31-33-69-35-37-71-39-41-73-42-40-72-38-36-70-34-32-68-30-28-66-26-24-64-22-20-62-18-15-52(60)74-55-50(58)11-12-51(55)59/h1-8H,11-43H2,(H,53,56). The summed E-state index contributed by atoms with van der Waals surface area (Å²) in [7, 11) is 0. The molecule has 0 aliphatic carbocycles. The van der Waals surface area contributed by atoms with E-state index in [4.69, 9.17) is 66.4 Å². The molecule has 412 valence electrons. The minimum atomic E-state index is -0.706. The topological polar surface area (TPSA) is 233 Å². The highest BCUT2D eigenvalue weighted by molar-refractivity contribution is 6.01. The summed E-state index contributed by atoms with van der Waals surface area (Å²) in [6.45, 7) is 11.1. The maximum absolute atomic E-state index is 13.3. The van der Waals surface area contributed by atoms with Gasteiger partial charge < -0.3 is 76.6 Å². The smallest absolute Gasteiger partial charge is 0.335 e. The van der Waals surface area contributed by atoms with Crippen LogP contribution in [-0.2, 0) is 96.9 Å². The van der Waals surface area contributed by atoms with Crippen molar-refractivity contribution in [1.82, 2.24) is 10.4 Å². The van der Waals surface area contributed by atoms with Gasteiger partial charge in [0, 0.05) is 43.4 Å². The van der Waals surface area contributed by atoms with Crippen LogP contribution >= 0.6 is 0 Å². The van der Waals surface area contributed by atoms with Gasteiger partial charge in [-0.05, 0) is 23.8 Å². The molecule has 2 heterocycles. The molecule has 22 heteroatoms. The van der Waals surface area contributed by atoms with E-state index in [-0.39, 0.29) is 70.3 Å². The van der Waals surface area contributed by atoms with Crippen molar-refractivity contribution in [3.63, 3.8) is 0 Å². The molecule has 22 nitrogen and oxygen atoms in total. The molecule has 4 rings (SSSR count). The molecule has 0 saturated carbocycles. The first-order valence-electron chi connectivity index (χ1n) is 25.3. The largest absolute Gasteiger partial charge is 0.379 e. The zero-order chi connectivity index (χ0) is 52.4. The number of fused-ring (bicyclic) bond motifs is 2. The number of benzene rings is 2. The second-order valence-electron chi connectivity index (χ2n) is 16.0. The predicted octanol–water partition coefficient (Wildman–Crippen LogP) is 2.04. The van der Waals surface area contributed by atoms with Gasteiger partial charge >= 0.3 is 5.97 Å². The molecule has 0 radical (unpaired) electrons. The monoisotopic (exact) mass is 1050 g/mol. The number of para-hydroxylation sites is 1. The lowest BCUT2D eigenvalue weighted by Gasteiger charge is -2.26. The Balaban J connectivity index is 0.767. The second kappa shape index (κ2) is 41.3. The zero-order valence-electron chi connectivity index (χ0n) is 42.6. The first-order chi connectivity index (χ1) is 36.4. The number of nitrogens with zero attached hydrogens (tertiary/aromatic N) is 2. The maximum atomic E-state index is 13.3. The van der Waals surface area contributed by atoms with E-state index in [1.807, 2.05) is 48.5 Å². The summed E-state index contributed by atoms with van der Waals surface area (Å²) in [4.78, 5) is 66.7. The maximum Gasteiger partial charge on any atom is 0.335 e.